The first kappa shape index (κ1) is 14.4. The second-order valence-electron chi connectivity index (χ2n) is 5.89. The van der Waals surface area contributed by atoms with E-state index >= 15 is 0 Å². The van der Waals surface area contributed by atoms with Crippen molar-refractivity contribution in [2.24, 2.45) is 0 Å². The summed E-state index contributed by atoms with van der Waals surface area (Å²) in [4.78, 5) is 2.22. The summed E-state index contributed by atoms with van der Waals surface area (Å²) in [7, 11) is 0. The lowest BCUT2D eigenvalue weighted by Gasteiger charge is -2.12. The van der Waals surface area contributed by atoms with Crippen LogP contribution in [-0.2, 0) is 6.42 Å². The molecule has 1 aliphatic rings. The fourth-order valence-electron chi connectivity index (χ4n) is 2.93. The van der Waals surface area contributed by atoms with Gasteiger partial charge in [0.25, 0.3) is 0 Å². The molecule has 0 fully saturated rings. The fraction of sp³-hybridized carbons (Fsp3) is 0.150. The van der Waals surface area contributed by atoms with Gasteiger partial charge in [0.15, 0.2) is 0 Å². The van der Waals surface area contributed by atoms with Crippen molar-refractivity contribution in [3.05, 3.63) is 72.3 Å². The number of benzene rings is 2. The molecule has 24 heavy (non-hydrogen) atoms. The van der Waals surface area contributed by atoms with Crippen LogP contribution in [0.25, 0.3) is 22.1 Å². The molecule has 0 aliphatic carbocycles. The second-order valence-corrected chi connectivity index (χ2v) is 5.89. The first-order valence-corrected chi connectivity index (χ1v) is 7.99. The van der Waals surface area contributed by atoms with E-state index in [4.69, 9.17) is 9.68 Å². The number of fused-ring (bicyclic) bond motifs is 1. The first-order valence-electron chi connectivity index (χ1n) is 7.99. The smallest absolute Gasteiger partial charge is 0.134 e. The molecule has 4 nitrogen and oxygen atoms in total. The average molecular weight is 315 g/mol. The minimum Gasteiger partial charge on any atom is -0.461 e. The molecule has 0 bridgehead atoms. The summed E-state index contributed by atoms with van der Waals surface area (Å²) in [5, 5.41) is 13.2. The zero-order chi connectivity index (χ0) is 16.4. The van der Waals surface area contributed by atoms with Crippen molar-refractivity contribution in [2.75, 3.05) is 13.2 Å². The molecule has 118 valence electrons. The van der Waals surface area contributed by atoms with Gasteiger partial charge >= 0.3 is 0 Å². The molecular formula is C20H17N3O. The molecule has 0 amide bonds. The highest BCUT2D eigenvalue weighted by Gasteiger charge is 2.09. The lowest BCUT2D eigenvalue weighted by atomic mass is 10.0. The van der Waals surface area contributed by atoms with Gasteiger partial charge in [-0.15, -0.1) is 0 Å². The number of hydrogen-bond acceptors (Lipinski definition) is 4. The summed E-state index contributed by atoms with van der Waals surface area (Å²) in [5.41, 5.74) is 3.83. The Morgan fingerprint density at radius 2 is 1.92 bits per heavy atom. The van der Waals surface area contributed by atoms with E-state index in [1.807, 2.05) is 36.5 Å². The van der Waals surface area contributed by atoms with Gasteiger partial charge in [-0.25, -0.2) is 0 Å². The Kier molecular flexibility index (Phi) is 3.68. The van der Waals surface area contributed by atoms with Crippen molar-refractivity contribution in [3.8, 4) is 17.2 Å². The Balaban J connectivity index is 1.56. The molecular weight excluding hydrogens is 298 g/mol. The van der Waals surface area contributed by atoms with Gasteiger partial charge in [0.1, 0.15) is 11.3 Å². The first-order chi connectivity index (χ1) is 11.8. The molecule has 4 rings (SSSR count). The van der Waals surface area contributed by atoms with Crippen LogP contribution in [0.5, 0.6) is 0 Å². The maximum absolute atomic E-state index is 8.90. The molecule has 2 aromatic carbocycles. The van der Waals surface area contributed by atoms with E-state index in [0.717, 1.165) is 47.5 Å². The molecule has 0 saturated heterocycles. The minimum absolute atomic E-state index is 0.677. The highest BCUT2D eigenvalue weighted by atomic mass is 16.3. The number of furan rings is 1. The van der Waals surface area contributed by atoms with E-state index in [9.17, 15) is 0 Å². The fourth-order valence-corrected chi connectivity index (χ4v) is 2.93. The molecule has 0 radical (unpaired) electrons. The second kappa shape index (κ2) is 6.13. The molecule has 0 spiro atoms. The van der Waals surface area contributed by atoms with Crippen LogP contribution in [0.3, 0.4) is 0 Å². The molecule has 0 saturated carbocycles. The predicted octanol–water partition coefficient (Wildman–Crippen LogP) is 3.85. The van der Waals surface area contributed by atoms with Crippen LogP contribution in [0.1, 0.15) is 11.3 Å². The molecule has 3 aromatic rings. The van der Waals surface area contributed by atoms with Gasteiger partial charge < -0.3 is 14.6 Å². The summed E-state index contributed by atoms with van der Waals surface area (Å²) in [6.45, 7) is 1.80. The van der Waals surface area contributed by atoms with Crippen LogP contribution in [0.4, 0.5) is 0 Å². The van der Waals surface area contributed by atoms with E-state index in [-0.39, 0.29) is 0 Å². The highest BCUT2D eigenvalue weighted by Crippen LogP contribution is 2.27. The van der Waals surface area contributed by atoms with Crippen LogP contribution >= 0.6 is 0 Å². The summed E-state index contributed by atoms with van der Waals surface area (Å²) >= 11 is 0. The average Bonchev–Trinajstić information content (AvgIpc) is 3.28. The molecule has 1 N–H and O–H groups in total. The zero-order valence-corrected chi connectivity index (χ0v) is 13.2. The maximum atomic E-state index is 8.90. The number of rotatable bonds is 4. The number of hydrogen-bond donors (Lipinski definition) is 1. The zero-order valence-electron chi connectivity index (χ0n) is 13.2. The summed E-state index contributed by atoms with van der Waals surface area (Å²) < 4.78 is 5.94. The van der Waals surface area contributed by atoms with E-state index in [1.54, 1.807) is 0 Å². The van der Waals surface area contributed by atoms with Crippen LogP contribution in [0.15, 0.2) is 65.3 Å². The topological polar surface area (TPSA) is 52.2 Å². The van der Waals surface area contributed by atoms with E-state index in [0.29, 0.717) is 5.56 Å². The third-order valence-electron chi connectivity index (χ3n) is 4.26. The standard InChI is InChI=1S/C20H17N3O/c21-13-15-1-3-16(4-2-15)17-5-6-20-18(11-17)12-19(24-20)7-9-23-10-8-22-14-23/h1-6,8,10-12,22H,7,9,14H2. The highest BCUT2D eigenvalue weighted by molar-refractivity contribution is 5.84. The van der Waals surface area contributed by atoms with Crippen molar-refractivity contribution < 1.29 is 4.42 Å². The van der Waals surface area contributed by atoms with Crippen molar-refractivity contribution in [2.45, 2.75) is 6.42 Å². The van der Waals surface area contributed by atoms with Crippen LogP contribution < -0.4 is 5.32 Å². The van der Waals surface area contributed by atoms with E-state index in [1.165, 1.54) is 0 Å². The Labute approximate surface area is 140 Å². The monoisotopic (exact) mass is 315 g/mol. The number of nitrogens with zero attached hydrogens (tertiary/aromatic N) is 2. The normalized spacial score (nSPS) is 13.2. The number of nitriles is 1. The molecule has 0 atom stereocenters. The van der Waals surface area contributed by atoms with Crippen LogP contribution in [0.2, 0.25) is 0 Å². The summed E-state index contributed by atoms with van der Waals surface area (Å²) in [6, 6.07) is 18.1. The van der Waals surface area contributed by atoms with Crippen LogP contribution in [0, 0.1) is 11.3 Å². The van der Waals surface area contributed by atoms with Gasteiger partial charge in [-0.2, -0.15) is 5.26 Å². The molecule has 2 heterocycles. The summed E-state index contributed by atoms with van der Waals surface area (Å²) in [5.74, 6) is 1.00. The van der Waals surface area contributed by atoms with Crippen molar-refractivity contribution in [1.82, 2.24) is 10.2 Å². The molecule has 1 aromatic heterocycles. The number of nitrogens with one attached hydrogen (secondary N) is 1. The lowest BCUT2D eigenvalue weighted by molar-refractivity contribution is 0.380. The van der Waals surface area contributed by atoms with E-state index in [2.05, 4.69) is 40.7 Å². The van der Waals surface area contributed by atoms with Gasteiger partial charge in [-0.1, -0.05) is 18.2 Å². The lowest BCUT2D eigenvalue weighted by Crippen LogP contribution is -2.22. The van der Waals surface area contributed by atoms with Gasteiger partial charge in [-0.3, -0.25) is 0 Å². The molecule has 4 heteroatoms. The Morgan fingerprint density at radius 3 is 2.67 bits per heavy atom. The quantitative estimate of drug-likeness (QED) is 0.794. The minimum atomic E-state index is 0.677. The predicted molar refractivity (Wildman–Crippen MR) is 93.9 cm³/mol. The summed E-state index contributed by atoms with van der Waals surface area (Å²) in [6.07, 6.45) is 4.90. The Morgan fingerprint density at radius 1 is 1.08 bits per heavy atom. The molecule has 1 aliphatic heterocycles. The van der Waals surface area contributed by atoms with Gasteiger partial charge in [0.2, 0.25) is 0 Å². The third kappa shape index (κ3) is 2.84. The van der Waals surface area contributed by atoms with Crippen LogP contribution in [-0.4, -0.2) is 18.1 Å². The largest absolute Gasteiger partial charge is 0.461 e. The Hall–Kier alpha value is -3.19. The van der Waals surface area contributed by atoms with E-state index < -0.39 is 0 Å². The van der Waals surface area contributed by atoms with Crippen molar-refractivity contribution in [1.29, 1.82) is 5.26 Å². The van der Waals surface area contributed by atoms with Gasteiger partial charge in [0.05, 0.1) is 18.3 Å². The van der Waals surface area contributed by atoms with Gasteiger partial charge in [0, 0.05) is 30.8 Å². The maximum Gasteiger partial charge on any atom is 0.134 e. The Bertz CT molecular complexity index is 932. The van der Waals surface area contributed by atoms with Crippen molar-refractivity contribution >= 4 is 11.0 Å². The molecule has 0 unspecified atom stereocenters. The SMILES string of the molecule is N#Cc1ccc(-c2ccc3oc(CCN4C=CNC4)cc3c2)cc1. The van der Waals surface area contributed by atoms with Crippen molar-refractivity contribution in [3.63, 3.8) is 0 Å². The van der Waals surface area contributed by atoms with Gasteiger partial charge in [-0.05, 0) is 41.5 Å². The third-order valence-corrected chi connectivity index (χ3v) is 4.26.